The van der Waals surface area contributed by atoms with Crippen molar-refractivity contribution in [3.8, 4) is 0 Å². The number of aromatic nitrogens is 2. The minimum Gasteiger partial charge on any atom is -0.376 e. The van der Waals surface area contributed by atoms with E-state index in [2.05, 4.69) is 15.0 Å². The number of piperazine rings is 1. The molecule has 1 aromatic rings. The monoisotopic (exact) mass is 324 g/mol. The van der Waals surface area contributed by atoms with E-state index in [0.29, 0.717) is 38.0 Å². The van der Waals surface area contributed by atoms with Gasteiger partial charge in [-0.3, -0.25) is 9.69 Å². The van der Waals surface area contributed by atoms with Gasteiger partial charge in [0.2, 0.25) is 11.8 Å². The van der Waals surface area contributed by atoms with Gasteiger partial charge in [-0.1, -0.05) is 5.16 Å². The molecule has 3 rings (SSSR count). The summed E-state index contributed by atoms with van der Waals surface area (Å²) < 4.78 is 15.9. The Kier molecular flexibility index (Phi) is 5.58. The summed E-state index contributed by atoms with van der Waals surface area (Å²) in [5.74, 6) is 1.33. The fraction of sp³-hybridized carbons (Fsp3) is 0.800. The lowest BCUT2D eigenvalue weighted by molar-refractivity contribution is -0.139. The van der Waals surface area contributed by atoms with Crippen LogP contribution in [0.1, 0.15) is 24.6 Å². The molecule has 0 aliphatic carbocycles. The molecule has 1 amide bonds. The first-order valence-corrected chi connectivity index (χ1v) is 8.19. The molecule has 0 saturated carbocycles. The van der Waals surface area contributed by atoms with Crippen LogP contribution in [0, 0.1) is 6.92 Å². The Morgan fingerprint density at radius 3 is 2.83 bits per heavy atom. The summed E-state index contributed by atoms with van der Waals surface area (Å²) in [4.78, 5) is 20.4. The highest BCUT2D eigenvalue weighted by molar-refractivity contribution is 5.77. The minimum atomic E-state index is 0.0538. The molecule has 0 N–H and O–H groups in total. The third-order valence-electron chi connectivity index (χ3n) is 4.21. The van der Waals surface area contributed by atoms with Crippen LogP contribution in [0.5, 0.6) is 0 Å². The SMILES string of the molecule is Cc1nc(CN2CCN(C(=O)COCC3CCCO3)CC2)no1. The zero-order chi connectivity index (χ0) is 16.1. The normalized spacial score (nSPS) is 22.7. The minimum absolute atomic E-state index is 0.0538. The van der Waals surface area contributed by atoms with Crippen LogP contribution < -0.4 is 0 Å². The Bertz CT molecular complexity index is 507. The smallest absolute Gasteiger partial charge is 0.248 e. The summed E-state index contributed by atoms with van der Waals surface area (Å²) in [6.07, 6.45) is 2.28. The summed E-state index contributed by atoms with van der Waals surface area (Å²) in [6, 6.07) is 0. The Balaban J connectivity index is 1.33. The molecule has 2 fully saturated rings. The highest BCUT2D eigenvalue weighted by Gasteiger charge is 2.23. The summed E-state index contributed by atoms with van der Waals surface area (Å²) >= 11 is 0. The van der Waals surface area contributed by atoms with E-state index >= 15 is 0 Å². The Morgan fingerprint density at radius 1 is 1.35 bits per heavy atom. The maximum Gasteiger partial charge on any atom is 0.248 e. The van der Waals surface area contributed by atoms with Crippen LogP contribution in [-0.2, 0) is 20.8 Å². The largest absolute Gasteiger partial charge is 0.376 e. The Labute approximate surface area is 135 Å². The number of hydrogen-bond donors (Lipinski definition) is 0. The van der Waals surface area contributed by atoms with E-state index in [0.717, 1.165) is 32.5 Å². The van der Waals surface area contributed by atoms with E-state index in [4.69, 9.17) is 14.0 Å². The average Bonchev–Trinajstić information content (AvgIpc) is 3.20. The van der Waals surface area contributed by atoms with Gasteiger partial charge in [-0.25, -0.2) is 0 Å². The zero-order valence-electron chi connectivity index (χ0n) is 13.6. The number of carbonyl (C=O) groups is 1. The molecule has 8 heteroatoms. The Morgan fingerprint density at radius 2 is 2.17 bits per heavy atom. The van der Waals surface area contributed by atoms with E-state index < -0.39 is 0 Å². The van der Waals surface area contributed by atoms with Gasteiger partial charge in [0, 0.05) is 39.7 Å². The maximum absolute atomic E-state index is 12.1. The number of hydrogen-bond acceptors (Lipinski definition) is 7. The van der Waals surface area contributed by atoms with E-state index in [9.17, 15) is 4.79 Å². The van der Waals surface area contributed by atoms with Gasteiger partial charge in [-0.2, -0.15) is 4.98 Å². The topological polar surface area (TPSA) is 80.9 Å². The van der Waals surface area contributed by atoms with Crippen molar-refractivity contribution in [2.75, 3.05) is 46.0 Å². The molecule has 128 valence electrons. The second kappa shape index (κ2) is 7.85. The first kappa shape index (κ1) is 16.4. The number of ether oxygens (including phenoxy) is 2. The van der Waals surface area contributed by atoms with Crippen molar-refractivity contribution in [2.24, 2.45) is 0 Å². The van der Waals surface area contributed by atoms with Crippen LogP contribution in [0.2, 0.25) is 0 Å². The van der Waals surface area contributed by atoms with Crippen molar-refractivity contribution in [3.63, 3.8) is 0 Å². The summed E-state index contributed by atoms with van der Waals surface area (Å²) in [6.45, 7) is 6.95. The number of amides is 1. The number of nitrogens with zero attached hydrogens (tertiary/aromatic N) is 4. The van der Waals surface area contributed by atoms with Crippen molar-refractivity contribution in [3.05, 3.63) is 11.7 Å². The van der Waals surface area contributed by atoms with Gasteiger partial charge < -0.3 is 18.9 Å². The molecule has 2 aliphatic heterocycles. The van der Waals surface area contributed by atoms with E-state index in [1.165, 1.54) is 0 Å². The molecular formula is C15H24N4O4. The second-order valence-electron chi connectivity index (χ2n) is 6.04. The highest BCUT2D eigenvalue weighted by Crippen LogP contribution is 2.12. The van der Waals surface area contributed by atoms with Gasteiger partial charge in [0.15, 0.2) is 5.82 Å². The highest BCUT2D eigenvalue weighted by atomic mass is 16.5. The van der Waals surface area contributed by atoms with Crippen LogP contribution in [0.3, 0.4) is 0 Å². The second-order valence-corrected chi connectivity index (χ2v) is 6.04. The lowest BCUT2D eigenvalue weighted by Crippen LogP contribution is -2.49. The average molecular weight is 324 g/mol. The van der Waals surface area contributed by atoms with Crippen LogP contribution in [0.25, 0.3) is 0 Å². The zero-order valence-corrected chi connectivity index (χ0v) is 13.6. The number of carbonyl (C=O) groups excluding carboxylic acids is 1. The van der Waals surface area contributed by atoms with Gasteiger partial charge in [0.1, 0.15) is 6.61 Å². The molecule has 3 heterocycles. The third kappa shape index (κ3) is 4.73. The van der Waals surface area contributed by atoms with Gasteiger partial charge in [-0.15, -0.1) is 0 Å². The predicted molar refractivity (Wildman–Crippen MR) is 80.7 cm³/mol. The molecule has 0 spiro atoms. The summed E-state index contributed by atoms with van der Waals surface area (Å²) in [5, 5.41) is 3.90. The fourth-order valence-corrected chi connectivity index (χ4v) is 2.91. The molecule has 0 aromatic carbocycles. The molecule has 1 unspecified atom stereocenters. The summed E-state index contributed by atoms with van der Waals surface area (Å²) in [7, 11) is 0. The van der Waals surface area contributed by atoms with E-state index in [1.807, 2.05) is 4.90 Å². The maximum atomic E-state index is 12.1. The van der Waals surface area contributed by atoms with Crippen LogP contribution >= 0.6 is 0 Å². The molecule has 1 aromatic heterocycles. The van der Waals surface area contributed by atoms with Crippen molar-refractivity contribution < 1.29 is 18.8 Å². The van der Waals surface area contributed by atoms with Crippen molar-refractivity contribution in [2.45, 2.75) is 32.4 Å². The van der Waals surface area contributed by atoms with Crippen LogP contribution in [0.15, 0.2) is 4.52 Å². The molecule has 2 saturated heterocycles. The van der Waals surface area contributed by atoms with Gasteiger partial charge in [-0.05, 0) is 12.8 Å². The lowest BCUT2D eigenvalue weighted by atomic mass is 10.2. The molecule has 2 aliphatic rings. The van der Waals surface area contributed by atoms with Crippen molar-refractivity contribution >= 4 is 5.91 Å². The van der Waals surface area contributed by atoms with Gasteiger partial charge >= 0.3 is 0 Å². The molecular weight excluding hydrogens is 300 g/mol. The van der Waals surface area contributed by atoms with Gasteiger partial charge in [0.05, 0.1) is 19.3 Å². The van der Waals surface area contributed by atoms with Crippen LogP contribution in [-0.4, -0.2) is 78.0 Å². The first-order valence-electron chi connectivity index (χ1n) is 8.19. The fourth-order valence-electron chi connectivity index (χ4n) is 2.91. The van der Waals surface area contributed by atoms with Crippen molar-refractivity contribution in [1.82, 2.24) is 19.9 Å². The Hall–Kier alpha value is -1.51. The molecule has 0 radical (unpaired) electrons. The molecule has 0 bridgehead atoms. The third-order valence-corrected chi connectivity index (χ3v) is 4.21. The predicted octanol–water partition coefficient (Wildman–Crippen LogP) is 0.218. The van der Waals surface area contributed by atoms with Crippen LogP contribution in [0.4, 0.5) is 0 Å². The van der Waals surface area contributed by atoms with E-state index in [1.54, 1.807) is 6.92 Å². The molecule has 8 nitrogen and oxygen atoms in total. The van der Waals surface area contributed by atoms with Gasteiger partial charge in [0.25, 0.3) is 0 Å². The van der Waals surface area contributed by atoms with E-state index in [-0.39, 0.29) is 18.6 Å². The lowest BCUT2D eigenvalue weighted by Gasteiger charge is -2.34. The molecule has 1 atom stereocenters. The van der Waals surface area contributed by atoms with Crippen molar-refractivity contribution in [1.29, 1.82) is 0 Å². The number of aryl methyl sites for hydroxylation is 1. The standard InChI is InChI=1S/C15H24N4O4/c1-12-16-14(17-23-12)9-18-4-6-19(7-5-18)15(20)11-21-10-13-3-2-8-22-13/h13H,2-11H2,1H3. The molecule has 23 heavy (non-hydrogen) atoms. The quantitative estimate of drug-likeness (QED) is 0.740. The first-order chi connectivity index (χ1) is 11.2. The number of rotatable bonds is 6. The summed E-state index contributed by atoms with van der Waals surface area (Å²) in [5.41, 5.74) is 0.